The van der Waals surface area contributed by atoms with Crippen molar-refractivity contribution in [2.45, 2.75) is 39.5 Å². The maximum atomic E-state index is 11.6. The number of hydrogen-bond acceptors (Lipinski definition) is 8. The van der Waals surface area contributed by atoms with Gasteiger partial charge < -0.3 is 0 Å². The van der Waals surface area contributed by atoms with E-state index in [0.717, 1.165) is 25.7 Å². The van der Waals surface area contributed by atoms with Gasteiger partial charge in [0.1, 0.15) is 0 Å². The van der Waals surface area contributed by atoms with Crippen molar-refractivity contribution in [1.82, 2.24) is 0 Å². The minimum Gasteiger partial charge on any atom is -0.263 e. The van der Waals surface area contributed by atoms with Gasteiger partial charge in [-0.2, -0.15) is 9.78 Å². The van der Waals surface area contributed by atoms with E-state index < -0.39 is 11.9 Å². The second-order valence-electron chi connectivity index (χ2n) is 4.81. The van der Waals surface area contributed by atoms with Crippen LogP contribution in [0.5, 0.6) is 0 Å². The van der Waals surface area contributed by atoms with Crippen LogP contribution in [0.3, 0.4) is 0 Å². The van der Waals surface area contributed by atoms with Crippen molar-refractivity contribution in [1.29, 1.82) is 0 Å². The summed E-state index contributed by atoms with van der Waals surface area (Å²) in [7, 11) is 0. The fraction of sp³-hybridized carbons (Fsp3) is 0.500. The van der Waals surface area contributed by atoms with Crippen LogP contribution in [0.25, 0.3) is 0 Å². The van der Waals surface area contributed by atoms with Crippen LogP contribution in [0.4, 0.5) is 0 Å². The molecule has 0 aliphatic carbocycles. The maximum absolute atomic E-state index is 11.6. The highest BCUT2D eigenvalue weighted by atomic mass is 17.5. The van der Waals surface area contributed by atoms with Crippen LogP contribution < -0.4 is 0 Å². The van der Waals surface area contributed by atoms with Crippen LogP contribution >= 0.6 is 0 Å². The van der Waals surface area contributed by atoms with Gasteiger partial charge in [0.2, 0.25) is 0 Å². The molecule has 134 valence electrons. The number of carbonyl (C=O) groups is 2. The largest absolute Gasteiger partial charge is 0.376 e. The predicted octanol–water partition coefficient (Wildman–Crippen LogP) is 3.33. The van der Waals surface area contributed by atoms with Crippen molar-refractivity contribution in [3.63, 3.8) is 0 Å². The van der Waals surface area contributed by atoms with Crippen LogP contribution in [0.2, 0.25) is 0 Å². The van der Waals surface area contributed by atoms with Crippen molar-refractivity contribution in [3.8, 4) is 0 Å². The lowest BCUT2D eigenvalue weighted by atomic mass is 10.1. The molecule has 24 heavy (non-hydrogen) atoms. The Labute approximate surface area is 140 Å². The minimum absolute atomic E-state index is 0.186. The molecule has 0 unspecified atom stereocenters. The lowest BCUT2D eigenvalue weighted by Gasteiger charge is -2.04. The lowest BCUT2D eigenvalue weighted by Crippen LogP contribution is -2.09. The van der Waals surface area contributed by atoms with Crippen molar-refractivity contribution < 1.29 is 39.2 Å². The Morgan fingerprint density at radius 1 is 0.750 bits per heavy atom. The summed E-state index contributed by atoms with van der Waals surface area (Å²) in [4.78, 5) is 41.5. The van der Waals surface area contributed by atoms with Crippen LogP contribution in [-0.2, 0) is 29.6 Å². The first-order valence-corrected chi connectivity index (χ1v) is 7.80. The molecule has 0 amide bonds. The zero-order chi connectivity index (χ0) is 17.6. The minimum atomic E-state index is -0.745. The second-order valence-corrected chi connectivity index (χ2v) is 4.81. The molecule has 0 aliphatic rings. The Morgan fingerprint density at radius 2 is 1.12 bits per heavy atom. The highest BCUT2D eigenvalue weighted by Gasteiger charge is 2.13. The van der Waals surface area contributed by atoms with Gasteiger partial charge in [0.15, 0.2) is 0 Å². The molecule has 8 nitrogen and oxygen atoms in total. The fourth-order valence-corrected chi connectivity index (χ4v) is 1.42. The van der Waals surface area contributed by atoms with Crippen molar-refractivity contribution in [2.24, 2.45) is 0 Å². The molecular formula is C16H22O8. The molecule has 1 aromatic carbocycles. The van der Waals surface area contributed by atoms with Gasteiger partial charge in [-0.15, -0.1) is 0 Å². The topological polar surface area (TPSA) is 89.5 Å². The van der Waals surface area contributed by atoms with Gasteiger partial charge in [-0.1, -0.05) is 26.7 Å². The highest BCUT2D eigenvalue weighted by Crippen LogP contribution is 2.08. The third-order valence-electron chi connectivity index (χ3n) is 2.83. The van der Waals surface area contributed by atoms with Gasteiger partial charge in [-0.3, -0.25) is 9.78 Å². The zero-order valence-electron chi connectivity index (χ0n) is 13.8. The monoisotopic (exact) mass is 342 g/mol. The maximum Gasteiger partial charge on any atom is 0.376 e. The third-order valence-corrected chi connectivity index (χ3v) is 2.83. The van der Waals surface area contributed by atoms with Crippen LogP contribution in [-0.4, -0.2) is 25.2 Å². The summed E-state index contributed by atoms with van der Waals surface area (Å²) in [6, 6.07) is 5.52. The molecule has 0 saturated heterocycles. The fourth-order valence-electron chi connectivity index (χ4n) is 1.42. The molecule has 8 heteroatoms. The van der Waals surface area contributed by atoms with E-state index in [2.05, 4.69) is 29.6 Å². The van der Waals surface area contributed by atoms with Crippen molar-refractivity contribution in [3.05, 3.63) is 35.4 Å². The van der Waals surface area contributed by atoms with E-state index in [4.69, 9.17) is 0 Å². The number of carbonyl (C=O) groups excluding carboxylic acids is 2. The van der Waals surface area contributed by atoms with Crippen molar-refractivity contribution in [2.75, 3.05) is 13.2 Å². The molecular weight excluding hydrogens is 320 g/mol. The quantitative estimate of drug-likeness (QED) is 0.325. The van der Waals surface area contributed by atoms with Gasteiger partial charge in [-0.25, -0.2) is 9.59 Å². The molecule has 0 spiro atoms. The molecule has 0 aliphatic heterocycles. The molecule has 1 rings (SSSR count). The predicted molar refractivity (Wildman–Crippen MR) is 81.2 cm³/mol. The Bertz CT molecular complexity index is 440. The van der Waals surface area contributed by atoms with E-state index in [0.29, 0.717) is 13.2 Å². The molecule has 0 atom stereocenters. The van der Waals surface area contributed by atoms with Crippen LogP contribution in [0.15, 0.2) is 24.3 Å². The normalized spacial score (nSPS) is 10.4. The highest BCUT2D eigenvalue weighted by molar-refractivity contribution is 5.92. The van der Waals surface area contributed by atoms with E-state index in [1.54, 1.807) is 0 Å². The smallest absolute Gasteiger partial charge is 0.263 e. The first-order valence-electron chi connectivity index (χ1n) is 7.80. The van der Waals surface area contributed by atoms with E-state index in [1.807, 2.05) is 13.8 Å². The molecule has 0 N–H and O–H groups in total. The Balaban J connectivity index is 2.33. The summed E-state index contributed by atoms with van der Waals surface area (Å²) >= 11 is 0. The average Bonchev–Trinajstić information content (AvgIpc) is 2.61. The van der Waals surface area contributed by atoms with E-state index in [1.165, 1.54) is 24.3 Å². The molecule has 0 aromatic heterocycles. The summed E-state index contributed by atoms with van der Waals surface area (Å²) in [6.45, 7) is 4.64. The van der Waals surface area contributed by atoms with Gasteiger partial charge in [0.05, 0.1) is 24.3 Å². The number of benzene rings is 1. The molecule has 0 radical (unpaired) electrons. The number of unbranched alkanes of at least 4 members (excludes halogenated alkanes) is 2. The molecule has 0 saturated carbocycles. The Morgan fingerprint density at radius 3 is 1.46 bits per heavy atom. The lowest BCUT2D eigenvalue weighted by molar-refractivity contribution is -0.481. The summed E-state index contributed by atoms with van der Waals surface area (Å²) in [5, 5.41) is 8.67. The van der Waals surface area contributed by atoms with Gasteiger partial charge in [0, 0.05) is 0 Å². The van der Waals surface area contributed by atoms with E-state index in [9.17, 15) is 9.59 Å². The number of hydrogen-bond donors (Lipinski definition) is 0. The van der Waals surface area contributed by atoms with Gasteiger partial charge in [-0.05, 0) is 47.2 Å². The Hall–Kier alpha value is -2.00. The first-order chi connectivity index (χ1) is 11.7. The van der Waals surface area contributed by atoms with Gasteiger partial charge in [0.25, 0.3) is 0 Å². The molecule has 0 fully saturated rings. The third kappa shape index (κ3) is 8.02. The average molecular weight is 342 g/mol. The summed E-state index contributed by atoms with van der Waals surface area (Å²) in [5.74, 6) is -1.49. The Kier molecular flexibility index (Phi) is 10.4. The van der Waals surface area contributed by atoms with Gasteiger partial charge >= 0.3 is 11.9 Å². The zero-order valence-corrected chi connectivity index (χ0v) is 13.8. The van der Waals surface area contributed by atoms with Crippen molar-refractivity contribution >= 4 is 11.9 Å². The molecule has 0 bridgehead atoms. The number of rotatable bonds is 12. The van der Waals surface area contributed by atoms with E-state index in [-0.39, 0.29) is 11.1 Å². The van der Waals surface area contributed by atoms with Crippen LogP contribution in [0, 0.1) is 0 Å². The summed E-state index contributed by atoms with van der Waals surface area (Å²) in [6.07, 6.45) is 3.45. The summed E-state index contributed by atoms with van der Waals surface area (Å²) in [5.41, 5.74) is 0.372. The summed E-state index contributed by atoms with van der Waals surface area (Å²) < 4.78 is 0. The molecule has 0 heterocycles. The van der Waals surface area contributed by atoms with Crippen LogP contribution in [0.1, 0.15) is 60.2 Å². The standard InChI is InChI=1S/C16H22O8/c1-3-5-11-19-23-21-15(17)13-7-9-14(10-8-13)16(18)22-24-20-12-6-4-2/h7-10H,3-6,11-12H2,1-2H3. The SMILES string of the molecule is CCCCOOOC(=O)c1ccc(C(=O)OOOCCCC)cc1. The first kappa shape index (κ1) is 20.0. The second kappa shape index (κ2) is 12.4. The molecule has 1 aromatic rings. The van der Waals surface area contributed by atoms with E-state index >= 15 is 0 Å².